The number of hydrogen-bond donors (Lipinski definition) is 1. The normalized spacial score (nSPS) is 11.9. The van der Waals surface area contributed by atoms with E-state index in [1.165, 1.54) is 6.07 Å². The van der Waals surface area contributed by atoms with Crippen molar-refractivity contribution in [1.82, 2.24) is 19.6 Å². The molecule has 12 nitrogen and oxygen atoms in total. The molecule has 0 aliphatic carbocycles. The van der Waals surface area contributed by atoms with Crippen molar-refractivity contribution in [2.24, 2.45) is 0 Å². The minimum atomic E-state index is -1.19. The summed E-state index contributed by atoms with van der Waals surface area (Å²) in [6.07, 6.45) is 8.27. The summed E-state index contributed by atoms with van der Waals surface area (Å²) in [5.74, 6) is 0. The van der Waals surface area contributed by atoms with E-state index in [0.29, 0.717) is 20.1 Å². The molecule has 0 radical (unpaired) electrons. The summed E-state index contributed by atoms with van der Waals surface area (Å²) in [6, 6.07) is 49.8. The molecule has 6 aromatic carbocycles. The average Bonchev–Trinajstić information content (AvgIpc) is 3.88. The van der Waals surface area contributed by atoms with E-state index in [9.17, 15) is 10.1 Å². The molecule has 8 aromatic rings. The summed E-state index contributed by atoms with van der Waals surface area (Å²) in [7, 11) is 1.63. The molecule has 0 unspecified atom stereocenters. The first kappa shape index (κ1) is 50.8. The molecule has 0 saturated carbocycles. The Morgan fingerprint density at radius 2 is 0.986 bits per heavy atom. The predicted molar refractivity (Wildman–Crippen MR) is 298 cm³/mol. The highest BCUT2D eigenvalue weighted by Gasteiger charge is 2.18. The van der Waals surface area contributed by atoms with E-state index < -0.39 is 16.1 Å². The lowest BCUT2D eigenvalue weighted by Gasteiger charge is -2.20. The molecule has 8 rings (SSSR count). The maximum absolute atomic E-state index is 11.2. The van der Waals surface area contributed by atoms with Gasteiger partial charge in [-0.1, -0.05) is 124 Å². The Morgan fingerprint density at radius 1 is 0.557 bits per heavy atom. The van der Waals surface area contributed by atoms with Crippen LogP contribution >= 0.6 is 0 Å². The van der Waals surface area contributed by atoms with Gasteiger partial charge in [0.25, 0.3) is 5.69 Å². The Hall–Kier alpha value is -7.11. The molecule has 0 saturated heterocycles. The van der Waals surface area contributed by atoms with Gasteiger partial charge in [-0.05, 0) is 96.0 Å². The topological polar surface area (TPSA) is 130 Å². The molecule has 362 valence electrons. The zero-order valence-corrected chi connectivity index (χ0v) is 43.7. The third-order valence-corrected chi connectivity index (χ3v) is 15.3. The van der Waals surface area contributed by atoms with Crippen LogP contribution in [-0.4, -0.2) is 67.9 Å². The summed E-state index contributed by atoms with van der Waals surface area (Å²) in [6.45, 7) is 16.4. The van der Waals surface area contributed by atoms with Crippen LogP contribution in [-0.2, 0) is 22.9 Å². The van der Waals surface area contributed by atoms with Gasteiger partial charge in [-0.15, -0.1) is 0 Å². The van der Waals surface area contributed by atoms with Crippen molar-refractivity contribution >= 4 is 96.4 Å². The summed E-state index contributed by atoms with van der Waals surface area (Å²) < 4.78 is 16.0. The Kier molecular flexibility index (Phi) is 16.7. The zero-order chi connectivity index (χ0) is 49.8. The molecule has 2 N–H and O–H groups in total. The molecule has 0 aliphatic rings. The van der Waals surface area contributed by atoms with Crippen molar-refractivity contribution in [3.63, 3.8) is 0 Å². The second kappa shape index (κ2) is 23.0. The van der Waals surface area contributed by atoms with Crippen LogP contribution in [0, 0.1) is 10.1 Å². The predicted octanol–water partition coefficient (Wildman–Crippen LogP) is 14.1. The second-order valence-electron chi connectivity index (χ2n) is 19.8. The molecule has 0 fully saturated rings. The Balaban J connectivity index is 0.000000207. The summed E-state index contributed by atoms with van der Waals surface area (Å²) >= 11 is 0. The number of aromatic nitrogens is 4. The maximum Gasteiger partial charge on any atom is 0.271 e. The fourth-order valence-electron chi connectivity index (χ4n) is 7.62. The van der Waals surface area contributed by atoms with E-state index >= 15 is 0 Å². The summed E-state index contributed by atoms with van der Waals surface area (Å²) in [5.41, 5.74) is 16.6. The Morgan fingerprint density at radius 3 is 1.41 bits per heavy atom. The Labute approximate surface area is 414 Å². The highest BCUT2D eigenvalue weighted by molar-refractivity contribution is 6.76. The third-order valence-electron chi connectivity index (χ3n) is 11.9. The lowest BCUT2D eigenvalue weighted by molar-refractivity contribution is -0.384. The van der Waals surface area contributed by atoms with Crippen molar-refractivity contribution in [3.8, 4) is 0 Å². The van der Waals surface area contributed by atoms with Crippen LogP contribution in [0.4, 0.5) is 34.1 Å². The highest BCUT2D eigenvalue weighted by Crippen LogP contribution is 2.33. The first-order valence-electron chi connectivity index (χ1n) is 23.7. The van der Waals surface area contributed by atoms with Crippen LogP contribution in [0.1, 0.15) is 22.5 Å². The van der Waals surface area contributed by atoms with Crippen LogP contribution in [0.5, 0.6) is 0 Å². The standard InChI is InChI=1S/C28H32N4O3Si.C28H34N4OSi/c1-30(23-11-8-12-25(19-23)32(33)34)24-14-15-26-27(16-13-22-9-6-5-7-10-22)29-31(28(26)20-24)21-35-17-18-36(2,3)4;1-31(24-12-8-11-23(29)19-24)25-14-15-26-27(16-13-22-9-6-5-7-10-22)30-32(28(26)20-25)21-33-17-18-34(2,3)4/h5-16,19-20H,17-18,21H2,1-4H3;5-16,19-20H,17-18,21,29H2,1-4H3/b2*16-13+. The van der Waals surface area contributed by atoms with E-state index in [0.717, 1.165) is 91.5 Å². The van der Waals surface area contributed by atoms with Crippen LogP contribution in [0.2, 0.25) is 51.4 Å². The molecule has 70 heavy (non-hydrogen) atoms. The van der Waals surface area contributed by atoms with Crippen molar-refractivity contribution < 1.29 is 14.4 Å². The van der Waals surface area contributed by atoms with Crippen LogP contribution < -0.4 is 15.5 Å². The summed E-state index contributed by atoms with van der Waals surface area (Å²) in [5, 5.41) is 23.1. The molecule has 0 aliphatic heterocycles. The molecule has 2 aromatic heterocycles. The molecule has 2 heterocycles. The molecule has 0 atom stereocenters. The summed E-state index contributed by atoms with van der Waals surface area (Å²) in [4.78, 5) is 14.9. The number of hydrogen-bond acceptors (Lipinski definition) is 9. The van der Waals surface area contributed by atoms with E-state index in [4.69, 9.17) is 25.4 Å². The molecule has 0 bridgehead atoms. The van der Waals surface area contributed by atoms with Crippen LogP contribution in [0.3, 0.4) is 0 Å². The lowest BCUT2D eigenvalue weighted by atomic mass is 10.1. The highest BCUT2D eigenvalue weighted by atomic mass is 28.3. The van der Waals surface area contributed by atoms with Gasteiger partial charge >= 0.3 is 0 Å². The maximum atomic E-state index is 11.2. The quantitative estimate of drug-likeness (QED) is 0.0277. The van der Waals surface area contributed by atoms with Crippen molar-refractivity contribution in [2.45, 2.75) is 64.8 Å². The molecule has 0 spiro atoms. The average molecular weight is 971 g/mol. The molecular weight excluding hydrogens is 905 g/mol. The number of benzene rings is 6. The third kappa shape index (κ3) is 14.0. The molecular formula is C56H66N8O4Si2. The minimum absolute atomic E-state index is 0.0644. The number of nitrogen functional groups attached to an aromatic ring is 1. The van der Waals surface area contributed by atoms with Gasteiger partial charge in [-0.2, -0.15) is 10.2 Å². The number of ether oxygens (including phenoxy) is 2. The fraction of sp³-hybridized carbons (Fsp3) is 0.250. The molecule has 0 amide bonds. The van der Waals surface area contributed by atoms with Gasteiger partial charge in [-0.3, -0.25) is 10.1 Å². The first-order valence-corrected chi connectivity index (χ1v) is 31.1. The number of anilines is 5. The van der Waals surface area contributed by atoms with Gasteiger partial charge < -0.3 is 25.0 Å². The SMILES string of the molecule is CN(c1cccc(N)c1)c1ccc2c(/C=C/c3ccccc3)nn(COCC[Si](C)(C)C)c2c1.CN(c1cccc([N+](=O)[O-])c1)c1ccc2c(/C=C/c3ccccc3)nn(COCC[Si](C)(C)C)c2c1. The minimum Gasteiger partial charge on any atom is -0.399 e. The van der Waals surface area contributed by atoms with Gasteiger partial charge in [0, 0.05) is 94.8 Å². The zero-order valence-electron chi connectivity index (χ0n) is 41.7. The number of nitrogens with two attached hydrogens (primary N) is 1. The Bertz CT molecular complexity index is 3070. The van der Waals surface area contributed by atoms with Gasteiger partial charge in [0.1, 0.15) is 13.5 Å². The number of nitro groups is 1. The van der Waals surface area contributed by atoms with Crippen molar-refractivity contribution in [3.05, 3.63) is 178 Å². The number of nitrogens with zero attached hydrogens (tertiary/aromatic N) is 7. The van der Waals surface area contributed by atoms with E-state index in [1.54, 1.807) is 12.1 Å². The van der Waals surface area contributed by atoms with Gasteiger partial charge in [0.2, 0.25) is 0 Å². The number of rotatable bonds is 19. The second-order valence-corrected chi connectivity index (χ2v) is 31.1. The largest absolute Gasteiger partial charge is 0.399 e. The number of fused-ring (bicyclic) bond motifs is 2. The van der Waals surface area contributed by atoms with Crippen molar-refractivity contribution in [1.29, 1.82) is 0 Å². The van der Waals surface area contributed by atoms with Crippen LogP contribution in [0.25, 0.3) is 46.1 Å². The van der Waals surface area contributed by atoms with E-state index in [1.807, 2.05) is 94.1 Å². The number of non-ortho nitro benzene ring substituents is 1. The smallest absolute Gasteiger partial charge is 0.271 e. The first-order chi connectivity index (χ1) is 33.5. The van der Waals surface area contributed by atoms with Crippen LogP contribution in [0.15, 0.2) is 146 Å². The van der Waals surface area contributed by atoms with Gasteiger partial charge in [-0.25, -0.2) is 9.36 Å². The molecule has 14 heteroatoms. The van der Waals surface area contributed by atoms with Gasteiger partial charge in [0.05, 0.1) is 27.3 Å². The fourth-order valence-corrected chi connectivity index (χ4v) is 9.13. The van der Waals surface area contributed by atoms with Crippen molar-refractivity contribution in [2.75, 3.05) is 42.8 Å². The van der Waals surface area contributed by atoms with Gasteiger partial charge in [0.15, 0.2) is 0 Å². The number of nitro benzene ring substituents is 1. The van der Waals surface area contributed by atoms with E-state index in [-0.39, 0.29) is 10.6 Å². The monoisotopic (exact) mass is 970 g/mol. The van der Waals surface area contributed by atoms with E-state index in [2.05, 4.69) is 130 Å². The lowest BCUT2D eigenvalue weighted by Crippen LogP contribution is -2.22.